The average molecular weight is 207 g/mol. The Morgan fingerprint density at radius 2 is 1.31 bits per heavy atom. The molecule has 13 heavy (non-hydrogen) atoms. The van der Waals surface area contributed by atoms with Crippen LogP contribution in [0.1, 0.15) is 47.0 Å². The van der Waals surface area contributed by atoms with Crippen molar-refractivity contribution in [1.29, 1.82) is 0 Å². The second-order valence-electron chi connectivity index (χ2n) is 4.76. The second-order valence-corrected chi connectivity index (χ2v) is 5.10. The molecule has 0 saturated carbocycles. The molecule has 4 heteroatoms. The first-order chi connectivity index (χ1) is 4.86. The number of nitrogens with zero attached hydrogens (tertiary/aromatic N) is 1. The zero-order valence-corrected chi connectivity index (χ0v) is 11.8. The van der Waals surface area contributed by atoms with E-state index in [4.69, 9.17) is 11.8 Å². The van der Waals surface area contributed by atoms with Crippen molar-refractivity contribution in [3.05, 3.63) is 0 Å². The number of rotatable bonds is 0. The van der Waals surface area contributed by atoms with E-state index in [-0.39, 0.29) is 53.0 Å². The Morgan fingerprint density at radius 1 is 1.00 bits per heavy atom. The average Bonchev–Trinajstić information content (AvgIpc) is 1.82. The molecule has 0 aromatic carbocycles. The molecule has 1 aliphatic heterocycles. The van der Waals surface area contributed by atoms with Gasteiger partial charge in [0.15, 0.2) is 0 Å². The monoisotopic (exact) mass is 206 g/mol. The fraction of sp³-hybridized carbons (Fsp3) is 1.00. The van der Waals surface area contributed by atoms with Crippen molar-refractivity contribution < 1.29 is 0 Å². The van der Waals surface area contributed by atoms with Crippen molar-refractivity contribution in [2.24, 2.45) is 0 Å². The van der Waals surface area contributed by atoms with Crippen molar-refractivity contribution >= 4 is 53.7 Å². The van der Waals surface area contributed by atoms with Crippen LogP contribution in [-0.2, 0) is 0 Å². The fourth-order valence-corrected chi connectivity index (χ4v) is 2.14. The van der Waals surface area contributed by atoms with Crippen molar-refractivity contribution in [3.63, 3.8) is 0 Å². The smallest absolute Gasteiger partial charge is 0.0312 e. The topological polar surface area (TPSA) is 3.24 Å². The van der Waals surface area contributed by atoms with E-state index in [1.165, 1.54) is 19.3 Å². The van der Waals surface area contributed by atoms with Gasteiger partial charge in [0, 0.05) is 53.0 Å². The van der Waals surface area contributed by atoms with Crippen molar-refractivity contribution in [2.75, 3.05) is 0 Å². The molecule has 1 saturated heterocycles. The van der Waals surface area contributed by atoms with Gasteiger partial charge in [0.05, 0.1) is 0 Å². The van der Waals surface area contributed by atoms with Gasteiger partial charge in [0.1, 0.15) is 0 Å². The van der Waals surface area contributed by atoms with E-state index in [1.54, 1.807) is 0 Å². The van der Waals surface area contributed by atoms with E-state index in [0.29, 0.717) is 0 Å². The van der Waals surface area contributed by atoms with Gasteiger partial charge in [0.25, 0.3) is 0 Å². The van der Waals surface area contributed by atoms with Gasteiger partial charge in [-0.2, -0.15) is 0 Å². The molecule has 0 aliphatic carbocycles. The SMILES string of the molecule is CC1(C)CCCC(C)(C)N1Cl.[Li].[Mg]. The Morgan fingerprint density at radius 3 is 1.54 bits per heavy atom. The third-order valence-corrected chi connectivity index (χ3v) is 3.56. The van der Waals surface area contributed by atoms with E-state index in [2.05, 4.69) is 27.7 Å². The molecule has 1 aliphatic rings. The quantitative estimate of drug-likeness (QED) is 0.435. The Labute approximate surface area is 115 Å². The van der Waals surface area contributed by atoms with E-state index >= 15 is 0 Å². The maximum absolute atomic E-state index is 6.23. The van der Waals surface area contributed by atoms with Crippen LogP contribution in [0, 0.1) is 0 Å². The summed E-state index contributed by atoms with van der Waals surface area (Å²) in [5.74, 6) is 0. The van der Waals surface area contributed by atoms with E-state index in [1.807, 2.05) is 4.42 Å². The molecule has 1 nitrogen and oxygen atoms in total. The molecule has 69 valence electrons. The van der Waals surface area contributed by atoms with E-state index in [0.717, 1.165) is 0 Å². The van der Waals surface area contributed by atoms with Gasteiger partial charge in [-0.05, 0) is 58.7 Å². The first kappa shape index (κ1) is 17.0. The van der Waals surface area contributed by atoms with Crippen LogP contribution in [0.4, 0.5) is 0 Å². The first-order valence-electron chi connectivity index (χ1n) is 4.32. The number of halogens is 1. The minimum atomic E-state index is 0. The predicted octanol–water partition coefficient (Wildman–Crippen LogP) is 2.42. The van der Waals surface area contributed by atoms with Crippen molar-refractivity contribution in [1.82, 2.24) is 4.42 Å². The maximum atomic E-state index is 6.23. The fourth-order valence-electron chi connectivity index (χ4n) is 1.97. The maximum Gasteiger partial charge on any atom is 0.0312 e. The Balaban J connectivity index is 0. The van der Waals surface area contributed by atoms with Crippen LogP contribution in [0.3, 0.4) is 0 Å². The molecule has 0 unspecified atom stereocenters. The largest absolute Gasteiger partial charge is 0.209 e. The summed E-state index contributed by atoms with van der Waals surface area (Å²) in [6, 6.07) is 0. The minimum Gasteiger partial charge on any atom is -0.209 e. The van der Waals surface area contributed by atoms with Gasteiger partial charge < -0.3 is 0 Å². The summed E-state index contributed by atoms with van der Waals surface area (Å²) in [5.41, 5.74) is 0.340. The summed E-state index contributed by atoms with van der Waals surface area (Å²) in [5, 5.41) is 0. The Kier molecular flexibility index (Phi) is 7.37. The molecule has 1 rings (SSSR count). The summed E-state index contributed by atoms with van der Waals surface area (Å²) in [7, 11) is 0. The molecule has 0 amide bonds. The summed E-state index contributed by atoms with van der Waals surface area (Å²) >= 11 is 6.23. The molecule has 0 N–H and O–H groups in total. The van der Waals surface area contributed by atoms with Crippen LogP contribution in [0.15, 0.2) is 0 Å². The van der Waals surface area contributed by atoms with Gasteiger partial charge in [0.2, 0.25) is 0 Å². The number of hydrogen-bond acceptors (Lipinski definition) is 1. The van der Waals surface area contributed by atoms with Crippen LogP contribution in [0.25, 0.3) is 0 Å². The summed E-state index contributed by atoms with van der Waals surface area (Å²) in [4.78, 5) is 0. The zero-order valence-electron chi connectivity index (χ0n) is 9.65. The van der Waals surface area contributed by atoms with E-state index < -0.39 is 0 Å². The van der Waals surface area contributed by atoms with Crippen LogP contribution in [-0.4, -0.2) is 57.4 Å². The molecule has 0 bridgehead atoms. The second kappa shape index (κ2) is 5.63. The van der Waals surface area contributed by atoms with E-state index in [9.17, 15) is 0 Å². The van der Waals surface area contributed by atoms with Gasteiger partial charge in [-0.15, -0.1) is 0 Å². The van der Waals surface area contributed by atoms with Gasteiger partial charge >= 0.3 is 0 Å². The summed E-state index contributed by atoms with van der Waals surface area (Å²) in [6.07, 6.45) is 3.71. The predicted molar refractivity (Wildman–Crippen MR) is 61.2 cm³/mol. The van der Waals surface area contributed by atoms with Gasteiger partial charge in [-0.1, -0.05) is 0 Å². The summed E-state index contributed by atoms with van der Waals surface area (Å²) in [6.45, 7) is 8.84. The molecule has 1 fully saturated rings. The normalized spacial score (nSPS) is 25.6. The molecule has 0 aromatic rings. The van der Waals surface area contributed by atoms with Crippen LogP contribution >= 0.6 is 11.8 Å². The van der Waals surface area contributed by atoms with Crippen LogP contribution < -0.4 is 0 Å². The molecule has 3 radical (unpaired) electrons. The number of hydrogen-bond donors (Lipinski definition) is 0. The standard InChI is InChI=1S/C9H18ClN.Li.Mg/c1-8(2)6-5-7-9(3,4)11(8)10;;/h5-7H2,1-4H3;;. The molecule has 1 heterocycles. The van der Waals surface area contributed by atoms with Crippen LogP contribution in [0.5, 0.6) is 0 Å². The molecule has 0 atom stereocenters. The zero-order chi connectivity index (χ0) is 8.70. The van der Waals surface area contributed by atoms with Crippen LogP contribution in [0.2, 0.25) is 0 Å². The Hall–Kier alpha value is 1.61. The third-order valence-electron chi connectivity index (χ3n) is 2.64. The first-order valence-corrected chi connectivity index (χ1v) is 4.66. The molecular formula is C9H18ClLiMgN. The minimum absolute atomic E-state index is 0. The Bertz CT molecular complexity index is 146. The van der Waals surface area contributed by atoms with Crippen molar-refractivity contribution in [2.45, 2.75) is 58.0 Å². The number of piperidine rings is 1. The summed E-state index contributed by atoms with van der Waals surface area (Å²) < 4.78 is 1.99. The van der Waals surface area contributed by atoms with Crippen molar-refractivity contribution in [3.8, 4) is 0 Å². The molecular weight excluding hydrogens is 189 g/mol. The molecule has 0 spiro atoms. The third kappa shape index (κ3) is 3.93. The van der Waals surface area contributed by atoms with Gasteiger partial charge in [-0.3, -0.25) is 0 Å². The van der Waals surface area contributed by atoms with Gasteiger partial charge in [-0.25, -0.2) is 4.42 Å². The molecule has 0 aromatic heterocycles.